The summed E-state index contributed by atoms with van der Waals surface area (Å²) in [6.07, 6.45) is 6.73. The molecule has 0 saturated heterocycles. The van der Waals surface area contributed by atoms with Crippen molar-refractivity contribution in [3.8, 4) is 12.3 Å². The van der Waals surface area contributed by atoms with E-state index in [0.29, 0.717) is 10.7 Å². The number of nitrogens with zero attached hydrogens (tertiary/aromatic N) is 2. The fraction of sp³-hybridized carbons (Fsp3) is 0.286. The summed E-state index contributed by atoms with van der Waals surface area (Å²) in [6, 6.07) is 0. The molecule has 0 saturated carbocycles. The number of halogens is 1. The molecule has 0 aromatic carbocycles. The van der Waals surface area contributed by atoms with Crippen molar-refractivity contribution in [2.24, 2.45) is 0 Å². The van der Waals surface area contributed by atoms with Crippen LogP contribution in [0, 0.1) is 12.3 Å². The number of aryl methyl sites for hydroxylation is 1. The molecular formula is C7H7ClN2. The Morgan fingerprint density at radius 3 is 3.00 bits per heavy atom. The Kier molecular flexibility index (Phi) is 1.98. The van der Waals surface area contributed by atoms with Crippen molar-refractivity contribution in [1.82, 2.24) is 9.78 Å². The second-order valence-electron chi connectivity index (χ2n) is 1.80. The molecule has 52 valence electrons. The van der Waals surface area contributed by atoms with Gasteiger partial charge < -0.3 is 0 Å². The molecule has 0 fully saturated rings. The SMILES string of the molecule is C#Cc1c(Cl)cnn1CC. The molecule has 0 unspecified atom stereocenters. The summed E-state index contributed by atoms with van der Waals surface area (Å²) in [5.74, 6) is 2.46. The third-order valence-electron chi connectivity index (χ3n) is 1.23. The van der Waals surface area contributed by atoms with E-state index in [0.717, 1.165) is 6.54 Å². The molecule has 1 aromatic rings. The standard InChI is InChI=1S/C7H7ClN2/c1-3-7-6(8)5-9-10(7)4-2/h1,5H,4H2,2H3. The number of hydrogen-bond donors (Lipinski definition) is 0. The zero-order chi connectivity index (χ0) is 7.56. The van der Waals surface area contributed by atoms with Crippen LogP contribution < -0.4 is 0 Å². The maximum Gasteiger partial charge on any atom is 0.129 e. The van der Waals surface area contributed by atoms with Gasteiger partial charge in [-0.3, -0.25) is 4.68 Å². The zero-order valence-electron chi connectivity index (χ0n) is 5.63. The van der Waals surface area contributed by atoms with Crippen LogP contribution in [-0.4, -0.2) is 9.78 Å². The Hall–Kier alpha value is -0.940. The average Bonchev–Trinajstić information content (AvgIpc) is 2.30. The van der Waals surface area contributed by atoms with Crippen LogP contribution in [0.5, 0.6) is 0 Å². The number of hydrogen-bond acceptors (Lipinski definition) is 1. The molecule has 1 rings (SSSR count). The summed E-state index contributed by atoms with van der Waals surface area (Å²) in [6.45, 7) is 2.72. The summed E-state index contributed by atoms with van der Waals surface area (Å²) < 4.78 is 1.68. The Labute approximate surface area is 64.8 Å². The van der Waals surface area contributed by atoms with Crippen LogP contribution in [0.25, 0.3) is 0 Å². The fourth-order valence-corrected chi connectivity index (χ4v) is 0.942. The van der Waals surface area contributed by atoms with E-state index in [1.54, 1.807) is 10.9 Å². The molecule has 0 bridgehead atoms. The van der Waals surface area contributed by atoms with Gasteiger partial charge in [0.1, 0.15) is 5.69 Å². The van der Waals surface area contributed by atoms with Gasteiger partial charge in [-0.1, -0.05) is 11.6 Å². The Bertz CT molecular complexity index is 270. The van der Waals surface area contributed by atoms with E-state index >= 15 is 0 Å². The first-order valence-electron chi connectivity index (χ1n) is 2.97. The molecular weight excluding hydrogens is 148 g/mol. The molecule has 1 aromatic heterocycles. The van der Waals surface area contributed by atoms with Crippen LogP contribution >= 0.6 is 11.6 Å². The summed E-state index contributed by atoms with van der Waals surface area (Å²) in [4.78, 5) is 0. The second kappa shape index (κ2) is 2.76. The van der Waals surface area contributed by atoms with Crippen LogP contribution in [0.4, 0.5) is 0 Å². The third kappa shape index (κ3) is 1.01. The zero-order valence-corrected chi connectivity index (χ0v) is 6.39. The van der Waals surface area contributed by atoms with Crippen molar-refractivity contribution < 1.29 is 0 Å². The molecule has 0 aliphatic carbocycles. The second-order valence-corrected chi connectivity index (χ2v) is 2.21. The van der Waals surface area contributed by atoms with Gasteiger partial charge in [-0.25, -0.2) is 0 Å². The minimum atomic E-state index is 0.546. The predicted molar refractivity (Wildman–Crippen MR) is 40.8 cm³/mol. The van der Waals surface area contributed by atoms with Gasteiger partial charge in [0, 0.05) is 6.54 Å². The van der Waals surface area contributed by atoms with Gasteiger partial charge in [0.2, 0.25) is 0 Å². The smallest absolute Gasteiger partial charge is 0.129 e. The highest BCUT2D eigenvalue weighted by molar-refractivity contribution is 6.31. The van der Waals surface area contributed by atoms with Gasteiger partial charge in [0.15, 0.2) is 0 Å². The first-order valence-corrected chi connectivity index (χ1v) is 3.35. The number of aromatic nitrogens is 2. The normalized spacial score (nSPS) is 9.30. The van der Waals surface area contributed by atoms with Crippen LogP contribution in [-0.2, 0) is 6.54 Å². The maximum absolute atomic E-state index is 5.70. The van der Waals surface area contributed by atoms with E-state index < -0.39 is 0 Å². The van der Waals surface area contributed by atoms with Crippen LogP contribution in [0.1, 0.15) is 12.6 Å². The highest BCUT2D eigenvalue weighted by Gasteiger charge is 2.02. The van der Waals surface area contributed by atoms with Crippen molar-refractivity contribution in [1.29, 1.82) is 0 Å². The Morgan fingerprint density at radius 1 is 1.90 bits per heavy atom. The molecule has 0 radical (unpaired) electrons. The summed E-state index contributed by atoms with van der Waals surface area (Å²) in [7, 11) is 0. The molecule has 10 heavy (non-hydrogen) atoms. The number of terminal acetylenes is 1. The van der Waals surface area contributed by atoms with Gasteiger partial charge in [-0.2, -0.15) is 5.10 Å². The quantitative estimate of drug-likeness (QED) is 0.561. The maximum atomic E-state index is 5.70. The monoisotopic (exact) mass is 154 g/mol. The first kappa shape index (κ1) is 7.17. The van der Waals surface area contributed by atoms with E-state index in [1.807, 2.05) is 6.92 Å². The molecule has 3 heteroatoms. The van der Waals surface area contributed by atoms with Gasteiger partial charge in [0.25, 0.3) is 0 Å². The first-order chi connectivity index (χ1) is 4.79. The topological polar surface area (TPSA) is 17.8 Å². The third-order valence-corrected chi connectivity index (χ3v) is 1.51. The minimum absolute atomic E-state index is 0.546. The van der Waals surface area contributed by atoms with E-state index in [4.69, 9.17) is 18.0 Å². The lowest BCUT2D eigenvalue weighted by Gasteiger charge is -1.95. The highest BCUT2D eigenvalue weighted by Crippen LogP contribution is 2.12. The molecule has 0 amide bonds. The van der Waals surface area contributed by atoms with Crippen molar-refractivity contribution in [3.05, 3.63) is 16.9 Å². The average molecular weight is 155 g/mol. The van der Waals surface area contributed by atoms with Crippen molar-refractivity contribution in [3.63, 3.8) is 0 Å². The van der Waals surface area contributed by atoms with Gasteiger partial charge in [-0.05, 0) is 12.8 Å². The van der Waals surface area contributed by atoms with Gasteiger partial charge >= 0.3 is 0 Å². The molecule has 0 N–H and O–H groups in total. The van der Waals surface area contributed by atoms with Crippen molar-refractivity contribution in [2.75, 3.05) is 0 Å². The lowest BCUT2D eigenvalue weighted by Crippen LogP contribution is -1.98. The van der Waals surface area contributed by atoms with E-state index in [9.17, 15) is 0 Å². The van der Waals surface area contributed by atoms with Crippen LogP contribution in [0.3, 0.4) is 0 Å². The fourth-order valence-electron chi connectivity index (χ4n) is 0.746. The largest absolute Gasteiger partial charge is 0.256 e. The highest BCUT2D eigenvalue weighted by atomic mass is 35.5. The van der Waals surface area contributed by atoms with Crippen LogP contribution in [0.15, 0.2) is 6.20 Å². The summed E-state index contributed by atoms with van der Waals surface area (Å²) in [5.41, 5.74) is 0.657. The number of rotatable bonds is 1. The van der Waals surface area contributed by atoms with E-state index in [2.05, 4.69) is 11.0 Å². The lowest BCUT2D eigenvalue weighted by atomic mass is 10.4. The van der Waals surface area contributed by atoms with E-state index in [-0.39, 0.29) is 0 Å². The van der Waals surface area contributed by atoms with E-state index in [1.165, 1.54) is 0 Å². The Morgan fingerprint density at radius 2 is 2.60 bits per heavy atom. The Balaban J connectivity index is 3.17. The van der Waals surface area contributed by atoms with Gasteiger partial charge in [-0.15, -0.1) is 6.42 Å². The predicted octanol–water partition coefficient (Wildman–Crippen LogP) is 1.54. The summed E-state index contributed by atoms with van der Waals surface area (Å²) >= 11 is 5.70. The molecule has 0 spiro atoms. The minimum Gasteiger partial charge on any atom is -0.256 e. The molecule has 1 heterocycles. The van der Waals surface area contributed by atoms with Crippen LogP contribution in [0.2, 0.25) is 5.02 Å². The lowest BCUT2D eigenvalue weighted by molar-refractivity contribution is 0.652. The van der Waals surface area contributed by atoms with Crippen molar-refractivity contribution >= 4 is 11.6 Å². The van der Waals surface area contributed by atoms with Gasteiger partial charge in [0.05, 0.1) is 11.2 Å². The molecule has 0 atom stereocenters. The molecule has 2 nitrogen and oxygen atoms in total. The molecule has 0 aliphatic rings. The summed E-state index contributed by atoms with van der Waals surface area (Å²) in [5, 5.41) is 4.49. The van der Waals surface area contributed by atoms with Crippen molar-refractivity contribution in [2.45, 2.75) is 13.5 Å². The molecule has 0 aliphatic heterocycles.